The van der Waals surface area contributed by atoms with Crippen molar-refractivity contribution in [1.82, 2.24) is 5.32 Å². The normalized spacial score (nSPS) is 14.0. The van der Waals surface area contributed by atoms with Gasteiger partial charge < -0.3 is 20.6 Å². The fourth-order valence-electron chi connectivity index (χ4n) is 5.77. The summed E-state index contributed by atoms with van der Waals surface area (Å²) < 4.78 is 0. The van der Waals surface area contributed by atoms with Crippen LogP contribution in [-0.4, -0.2) is 46.1 Å². The molecular weight excluding hydrogens is 546 g/mol. The Morgan fingerprint density at radius 3 is 1.45 bits per heavy atom. The van der Waals surface area contributed by atoms with E-state index in [2.05, 4.69) is 31.3 Å². The predicted octanol–water partition coefficient (Wildman–Crippen LogP) is 10.3. The Hall–Kier alpha value is -1.17. The van der Waals surface area contributed by atoms with Crippen LogP contribution in [0, 0.1) is 0 Å². The number of aliphatic hydroxyl groups is 3. The van der Waals surface area contributed by atoms with E-state index < -0.39 is 18.2 Å². The maximum atomic E-state index is 12.4. The zero-order valence-corrected chi connectivity index (χ0v) is 29.3. The number of hydrogen-bond acceptors (Lipinski definition) is 4. The minimum Gasteiger partial charge on any atom is -0.394 e. The maximum Gasteiger partial charge on any atom is 0.222 e. The third kappa shape index (κ3) is 30.8. The quantitative estimate of drug-likeness (QED) is 0.0425. The van der Waals surface area contributed by atoms with E-state index in [1.807, 2.05) is 6.08 Å². The molecule has 0 aromatic rings. The molecule has 0 aromatic heterocycles. The highest BCUT2D eigenvalue weighted by Crippen LogP contribution is 2.14. The number of carbonyl (C=O) groups excluding carboxylic acids is 1. The van der Waals surface area contributed by atoms with E-state index in [1.165, 1.54) is 135 Å². The lowest BCUT2D eigenvalue weighted by molar-refractivity contribution is -0.124. The summed E-state index contributed by atoms with van der Waals surface area (Å²) in [6.45, 7) is 4.18. The molecule has 0 rings (SSSR count). The summed E-state index contributed by atoms with van der Waals surface area (Å²) in [6.07, 6.45) is 40.2. The molecule has 0 aliphatic rings. The molecule has 1 amide bonds. The summed E-state index contributed by atoms with van der Waals surface area (Å²) in [4.78, 5) is 12.4. The van der Waals surface area contributed by atoms with Crippen molar-refractivity contribution in [2.75, 3.05) is 6.61 Å². The summed E-state index contributed by atoms with van der Waals surface area (Å²) in [5.41, 5.74) is 0. The van der Waals surface area contributed by atoms with Crippen molar-refractivity contribution in [2.24, 2.45) is 0 Å². The number of carbonyl (C=O) groups is 1. The third-order valence-corrected chi connectivity index (χ3v) is 8.74. The fraction of sp³-hybridized carbons (Fsp3) is 0.872. The summed E-state index contributed by atoms with van der Waals surface area (Å²) in [7, 11) is 0. The van der Waals surface area contributed by atoms with Crippen molar-refractivity contribution in [1.29, 1.82) is 0 Å². The Bertz CT molecular complexity index is 650. The average molecular weight is 622 g/mol. The van der Waals surface area contributed by atoms with Gasteiger partial charge in [0.2, 0.25) is 5.91 Å². The number of unbranched alkanes of at least 4 members (excludes halogenated alkanes) is 23. The van der Waals surface area contributed by atoms with Crippen LogP contribution in [0.5, 0.6) is 0 Å². The van der Waals surface area contributed by atoms with Gasteiger partial charge in [0.05, 0.1) is 31.3 Å². The van der Waals surface area contributed by atoms with Crippen molar-refractivity contribution >= 4 is 5.91 Å². The van der Waals surface area contributed by atoms with E-state index in [-0.39, 0.29) is 18.9 Å². The van der Waals surface area contributed by atoms with Gasteiger partial charge >= 0.3 is 0 Å². The molecule has 0 bridgehead atoms. The van der Waals surface area contributed by atoms with Gasteiger partial charge in [0.25, 0.3) is 0 Å². The minimum atomic E-state index is -0.947. The molecule has 44 heavy (non-hydrogen) atoms. The van der Waals surface area contributed by atoms with E-state index in [4.69, 9.17) is 0 Å². The second-order valence-electron chi connectivity index (χ2n) is 13.2. The van der Waals surface area contributed by atoms with Crippen molar-refractivity contribution in [3.05, 3.63) is 24.3 Å². The Kier molecular flexibility index (Phi) is 33.8. The number of allylic oxidation sites excluding steroid dienone is 3. The molecule has 0 aliphatic heterocycles. The second-order valence-corrected chi connectivity index (χ2v) is 13.2. The van der Waals surface area contributed by atoms with Crippen LogP contribution >= 0.6 is 0 Å². The number of nitrogens with one attached hydrogen (secondary N) is 1. The second kappa shape index (κ2) is 34.7. The van der Waals surface area contributed by atoms with Crippen LogP contribution < -0.4 is 5.32 Å². The van der Waals surface area contributed by atoms with Crippen molar-refractivity contribution in [3.63, 3.8) is 0 Å². The zero-order valence-electron chi connectivity index (χ0n) is 29.3. The molecule has 260 valence electrons. The number of amides is 1. The SMILES string of the molecule is CCCCCCCCCCCCC/C=C/CC/C=C/C(O)C(CO)NC(=O)CC(O)CCCCCCCCCCCCCC. The fourth-order valence-corrected chi connectivity index (χ4v) is 5.77. The van der Waals surface area contributed by atoms with Crippen LogP contribution in [0.3, 0.4) is 0 Å². The molecule has 0 saturated heterocycles. The van der Waals surface area contributed by atoms with Gasteiger partial charge in [-0.2, -0.15) is 0 Å². The molecule has 0 aliphatic carbocycles. The number of rotatable bonds is 34. The van der Waals surface area contributed by atoms with Crippen molar-refractivity contribution in [3.8, 4) is 0 Å². The molecule has 5 heteroatoms. The molecule has 0 aromatic carbocycles. The van der Waals surface area contributed by atoms with Crippen LogP contribution in [0.2, 0.25) is 0 Å². The lowest BCUT2D eigenvalue weighted by atomic mass is 10.0. The predicted molar refractivity (Wildman–Crippen MR) is 190 cm³/mol. The van der Waals surface area contributed by atoms with Gasteiger partial charge in [0.1, 0.15) is 0 Å². The first-order valence-electron chi connectivity index (χ1n) is 19.1. The molecule has 4 N–H and O–H groups in total. The van der Waals surface area contributed by atoms with Crippen LogP contribution in [0.15, 0.2) is 24.3 Å². The van der Waals surface area contributed by atoms with Crippen LogP contribution in [0.4, 0.5) is 0 Å². The zero-order chi connectivity index (χ0) is 32.4. The van der Waals surface area contributed by atoms with Gasteiger partial charge in [0, 0.05) is 0 Å². The van der Waals surface area contributed by atoms with Crippen molar-refractivity contribution in [2.45, 2.75) is 212 Å². The average Bonchev–Trinajstić information content (AvgIpc) is 3.01. The molecular formula is C39H75NO4. The van der Waals surface area contributed by atoms with Gasteiger partial charge in [-0.25, -0.2) is 0 Å². The standard InChI is InChI=1S/C39H75NO4/c1-3-5-7-9-11-13-15-17-18-19-20-21-23-25-27-29-31-33-38(43)37(35-41)40-39(44)34-36(42)32-30-28-26-24-22-16-14-12-10-8-6-4-2/h23,25,31,33,36-38,41-43H,3-22,24,26-30,32,34-35H2,1-2H3,(H,40,44)/b25-23+,33-31+. The van der Waals surface area contributed by atoms with E-state index in [0.717, 1.165) is 32.1 Å². The van der Waals surface area contributed by atoms with Crippen LogP contribution in [0.1, 0.15) is 194 Å². The molecule has 0 spiro atoms. The first-order chi connectivity index (χ1) is 21.5. The largest absolute Gasteiger partial charge is 0.394 e. The van der Waals surface area contributed by atoms with Gasteiger partial charge in [-0.15, -0.1) is 0 Å². The molecule has 3 atom stereocenters. The van der Waals surface area contributed by atoms with Crippen LogP contribution in [-0.2, 0) is 4.79 Å². The molecule has 5 nitrogen and oxygen atoms in total. The van der Waals surface area contributed by atoms with Crippen molar-refractivity contribution < 1.29 is 20.1 Å². The van der Waals surface area contributed by atoms with Gasteiger partial charge in [-0.3, -0.25) is 4.79 Å². The first-order valence-corrected chi connectivity index (χ1v) is 19.1. The van der Waals surface area contributed by atoms with E-state index >= 15 is 0 Å². The highest BCUT2D eigenvalue weighted by atomic mass is 16.3. The Morgan fingerprint density at radius 1 is 0.568 bits per heavy atom. The summed E-state index contributed by atoms with van der Waals surface area (Å²) in [5, 5.41) is 33.0. The van der Waals surface area contributed by atoms with Crippen LogP contribution in [0.25, 0.3) is 0 Å². The topological polar surface area (TPSA) is 89.8 Å². The molecule has 3 unspecified atom stereocenters. The van der Waals surface area contributed by atoms with Gasteiger partial charge in [0.15, 0.2) is 0 Å². The highest BCUT2D eigenvalue weighted by Gasteiger charge is 2.20. The summed E-state index contributed by atoms with van der Waals surface area (Å²) >= 11 is 0. The number of hydrogen-bond donors (Lipinski definition) is 4. The highest BCUT2D eigenvalue weighted by molar-refractivity contribution is 5.76. The smallest absolute Gasteiger partial charge is 0.222 e. The monoisotopic (exact) mass is 622 g/mol. The summed E-state index contributed by atoms with van der Waals surface area (Å²) in [5.74, 6) is -0.326. The summed E-state index contributed by atoms with van der Waals surface area (Å²) in [6, 6.07) is -0.755. The Labute approximate surface area is 273 Å². The maximum absolute atomic E-state index is 12.4. The molecule has 0 saturated carbocycles. The lowest BCUT2D eigenvalue weighted by Gasteiger charge is -2.21. The lowest BCUT2D eigenvalue weighted by Crippen LogP contribution is -2.45. The molecule has 0 heterocycles. The molecule has 0 radical (unpaired) electrons. The van der Waals surface area contributed by atoms with E-state index in [9.17, 15) is 20.1 Å². The third-order valence-electron chi connectivity index (χ3n) is 8.74. The first kappa shape index (κ1) is 42.8. The van der Waals surface area contributed by atoms with Gasteiger partial charge in [-0.1, -0.05) is 179 Å². The van der Waals surface area contributed by atoms with E-state index in [1.54, 1.807) is 6.08 Å². The number of aliphatic hydroxyl groups excluding tert-OH is 3. The Balaban J connectivity index is 3.76. The Morgan fingerprint density at radius 2 is 0.977 bits per heavy atom. The molecule has 0 fully saturated rings. The minimum absolute atomic E-state index is 0.00881. The van der Waals surface area contributed by atoms with Gasteiger partial charge in [-0.05, 0) is 32.1 Å². The van der Waals surface area contributed by atoms with E-state index in [0.29, 0.717) is 6.42 Å².